The minimum Gasteiger partial charge on any atom is -0.511 e. The minimum atomic E-state index is 0.219. The maximum atomic E-state index is 9.40. The molecule has 0 amide bonds. The van der Waals surface area contributed by atoms with Gasteiger partial charge in [-0.25, -0.2) is 0 Å². The van der Waals surface area contributed by atoms with E-state index in [2.05, 4.69) is 15.9 Å². The average Bonchev–Trinajstić information content (AvgIpc) is 1.84. The molecule has 60 valence electrons. The van der Waals surface area contributed by atoms with Crippen LogP contribution in [0.4, 0.5) is 0 Å². The highest BCUT2D eigenvalue weighted by molar-refractivity contribution is 9.11. The zero-order valence-electron chi connectivity index (χ0n) is 6.98. The summed E-state index contributed by atoms with van der Waals surface area (Å²) in [4.78, 5) is 0. The van der Waals surface area contributed by atoms with E-state index in [0.29, 0.717) is 11.7 Å². The van der Waals surface area contributed by atoms with Gasteiger partial charge in [-0.1, -0.05) is 43.6 Å². The van der Waals surface area contributed by atoms with Gasteiger partial charge in [-0.2, -0.15) is 0 Å². The average molecular weight is 207 g/mol. The van der Waals surface area contributed by atoms with Gasteiger partial charge in [0.25, 0.3) is 0 Å². The molecule has 0 aromatic rings. The first-order valence-electron chi connectivity index (χ1n) is 3.55. The summed E-state index contributed by atoms with van der Waals surface area (Å²) in [5.74, 6) is 1.06. The van der Waals surface area contributed by atoms with E-state index in [-0.39, 0.29) is 5.92 Å². The van der Waals surface area contributed by atoms with Gasteiger partial charge in [-0.3, -0.25) is 0 Å². The number of hydrogen-bond donors (Lipinski definition) is 1. The normalized spacial score (nSPS) is 14.3. The molecule has 0 bridgehead atoms. The van der Waals surface area contributed by atoms with Crippen LogP contribution in [0.2, 0.25) is 0 Å². The molecule has 0 saturated carbocycles. The van der Waals surface area contributed by atoms with Gasteiger partial charge in [0.15, 0.2) is 0 Å². The smallest absolute Gasteiger partial charge is 0.105 e. The summed E-state index contributed by atoms with van der Waals surface area (Å²) < 4.78 is 0.919. The van der Waals surface area contributed by atoms with Crippen molar-refractivity contribution in [2.75, 3.05) is 0 Å². The fourth-order valence-corrected chi connectivity index (χ4v) is 1.03. The van der Waals surface area contributed by atoms with Crippen LogP contribution >= 0.6 is 15.9 Å². The van der Waals surface area contributed by atoms with Gasteiger partial charge in [-0.05, 0) is 5.92 Å². The van der Waals surface area contributed by atoms with Crippen LogP contribution in [0.1, 0.15) is 27.7 Å². The topological polar surface area (TPSA) is 20.2 Å². The Balaban J connectivity index is 4.34. The quantitative estimate of drug-likeness (QED) is 0.687. The first-order valence-corrected chi connectivity index (χ1v) is 4.34. The first kappa shape index (κ1) is 10.0. The molecule has 0 aliphatic heterocycles. The Kier molecular flexibility index (Phi) is 4.02. The molecule has 2 heteroatoms. The van der Waals surface area contributed by atoms with Crippen LogP contribution in [0.15, 0.2) is 10.2 Å². The summed E-state index contributed by atoms with van der Waals surface area (Å²) >= 11 is 3.34. The summed E-state index contributed by atoms with van der Waals surface area (Å²) in [7, 11) is 0. The van der Waals surface area contributed by atoms with Gasteiger partial charge in [0.2, 0.25) is 0 Å². The number of allylic oxidation sites excluding steroid dienone is 2. The Morgan fingerprint density at radius 1 is 1.10 bits per heavy atom. The monoisotopic (exact) mass is 206 g/mol. The fourth-order valence-electron chi connectivity index (χ4n) is 0.572. The number of aliphatic hydroxyl groups is 1. The molecule has 1 N–H and O–H groups in total. The highest BCUT2D eigenvalue weighted by Crippen LogP contribution is 2.23. The molecule has 0 atom stereocenters. The Morgan fingerprint density at radius 2 is 1.50 bits per heavy atom. The predicted molar refractivity (Wildman–Crippen MR) is 48.3 cm³/mol. The van der Waals surface area contributed by atoms with E-state index in [1.165, 1.54) is 0 Å². The third kappa shape index (κ3) is 2.74. The third-order valence-corrected chi connectivity index (χ3v) is 2.62. The maximum Gasteiger partial charge on any atom is 0.105 e. The Labute approximate surface area is 71.3 Å². The molecule has 0 aromatic heterocycles. The molecule has 0 fully saturated rings. The Morgan fingerprint density at radius 3 is 1.60 bits per heavy atom. The minimum absolute atomic E-state index is 0.219. The molecule has 0 rings (SSSR count). The summed E-state index contributed by atoms with van der Waals surface area (Å²) in [5.41, 5.74) is 0. The van der Waals surface area contributed by atoms with Crippen molar-refractivity contribution in [2.24, 2.45) is 11.8 Å². The van der Waals surface area contributed by atoms with Crippen LogP contribution in [-0.2, 0) is 0 Å². The lowest BCUT2D eigenvalue weighted by molar-refractivity contribution is 0.344. The van der Waals surface area contributed by atoms with Gasteiger partial charge in [-0.15, -0.1) is 0 Å². The van der Waals surface area contributed by atoms with Crippen LogP contribution in [-0.4, -0.2) is 5.11 Å². The van der Waals surface area contributed by atoms with Gasteiger partial charge < -0.3 is 5.11 Å². The molecule has 10 heavy (non-hydrogen) atoms. The predicted octanol–water partition coefficient (Wildman–Crippen LogP) is 3.46. The second-order valence-corrected chi connectivity index (χ2v) is 3.90. The van der Waals surface area contributed by atoms with E-state index in [1.807, 2.05) is 27.7 Å². The van der Waals surface area contributed by atoms with Crippen molar-refractivity contribution in [3.63, 3.8) is 0 Å². The lowest BCUT2D eigenvalue weighted by atomic mass is 10.1. The summed E-state index contributed by atoms with van der Waals surface area (Å²) in [6.45, 7) is 8.03. The summed E-state index contributed by atoms with van der Waals surface area (Å²) in [6.07, 6.45) is 0. The largest absolute Gasteiger partial charge is 0.511 e. The van der Waals surface area contributed by atoms with Gasteiger partial charge in [0, 0.05) is 10.4 Å². The standard InChI is InChI=1S/C8H15BrO/c1-5(2)7(9)8(10)6(3)4/h5-6,10H,1-4H3/b8-7-. The van der Waals surface area contributed by atoms with E-state index >= 15 is 0 Å². The summed E-state index contributed by atoms with van der Waals surface area (Å²) in [5, 5.41) is 9.40. The maximum absolute atomic E-state index is 9.40. The zero-order chi connectivity index (χ0) is 8.31. The number of halogens is 1. The number of hydrogen-bond acceptors (Lipinski definition) is 1. The fraction of sp³-hybridized carbons (Fsp3) is 0.750. The van der Waals surface area contributed by atoms with Gasteiger partial charge in [0.05, 0.1) is 0 Å². The second kappa shape index (κ2) is 4.02. The molecule has 0 spiro atoms. The van der Waals surface area contributed by atoms with E-state index < -0.39 is 0 Å². The molecular weight excluding hydrogens is 192 g/mol. The van der Waals surface area contributed by atoms with Crippen LogP contribution in [0, 0.1) is 11.8 Å². The molecular formula is C8H15BrO. The number of rotatable bonds is 2. The van der Waals surface area contributed by atoms with E-state index in [0.717, 1.165) is 4.48 Å². The van der Waals surface area contributed by atoms with E-state index in [1.54, 1.807) is 0 Å². The van der Waals surface area contributed by atoms with Crippen LogP contribution in [0.25, 0.3) is 0 Å². The zero-order valence-corrected chi connectivity index (χ0v) is 8.57. The van der Waals surface area contributed by atoms with Crippen molar-refractivity contribution in [2.45, 2.75) is 27.7 Å². The van der Waals surface area contributed by atoms with Gasteiger partial charge >= 0.3 is 0 Å². The Bertz CT molecular complexity index is 120. The Hall–Kier alpha value is 0.0200. The lowest BCUT2D eigenvalue weighted by Gasteiger charge is -2.09. The molecule has 0 saturated heterocycles. The van der Waals surface area contributed by atoms with Crippen molar-refractivity contribution in [1.29, 1.82) is 0 Å². The number of aliphatic hydroxyl groups excluding tert-OH is 1. The van der Waals surface area contributed by atoms with Crippen molar-refractivity contribution in [1.82, 2.24) is 0 Å². The van der Waals surface area contributed by atoms with Gasteiger partial charge in [0.1, 0.15) is 5.76 Å². The molecule has 1 nitrogen and oxygen atoms in total. The molecule has 0 unspecified atom stereocenters. The molecule has 0 aliphatic rings. The van der Waals surface area contributed by atoms with Crippen LogP contribution in [0.5, 0.6) is 0 Å². The first-order chi connectivity index (χ1) is 4.46. The highest BCUT2D eigenvalue weighted by atomic mass is 79.9. The van der Waals surface area contributed by atoms with Crippen LogP contribution < -0.4 is 0 Å². The molecule has 0 heterocycles. The summed E-state index contributed by atoms with van der Waals surface area (Å²) in [6, 6.07) is 0. The molecule has 0 aliphatic carbocycles. The highest BCUT2D eigenvalue weighted by Gasteiger charge is 2.08. The van der Waals surface area contributed by atoms with E-state index in [9.17, 15) is 5.11 Å². The molecule has 0 aromatic carbocycles. The third-order valence-electron chi connectivity index (χ3n) is 1.30. The van der Waals surface area contributed by atoms with E-state index in [4.69, 9.17) is 0 Å². The van der Waals surface area contributed by atoms with Crippen molar-refractivity contribution < 1.29 is 5.11 Å². The second-order valence-electron chi connectivity index (χ2n) is 3.04. The van der Waals surface area contributed by atoms with Crippen LogP contribution in [0.3, 0.4) is 0 Å². The van der Waals surface area contributed by atoms with Crippen molar-refractivity contribution in [3.05, 3.63) is 10.2 Å². The van der Waals surface area contributed by atoms with Crippen molar-refractivity contribution >= 4 is 15.9 Å². The van der Waals surface area contributed by atoms with Crippen molar-refractivity contribution in [3.8, 4) is 0 Å². The lowest BCUT2D eigenvalue weighted by Crippen LogP contribution is -1.99. The molecule has 0 radical (unpaired) electrons. The SMILES string of the molecule is CC(C)/C(O)=C(/Br)C(C)C.